The fraction of sp³-hybridized carbons (Fsp3) is 0.500. The molecule has 0 saturated carbocycles. The predicted molar refractivity (Wildman–Crippen MR) is 75.0 cm³/mol. The lowest BCUT2D eigenvalue weighted by Crippen LogP contribution is -2.24. The Bertz CT molecular complexity index is 514. The molecule has 0 fully saturated rings. The van der Waals surface area contributed by atoms with E-state index in [0.29, 0.717) is 11.6 Å². The number of anilines is 2. The van der Waals surface area contributed by atoms with Gasteiger partial charge in [0.15, 0.2) is 0 Å². The summed E-state index contributed by atoms with van der Waals surface area (Å²) in [5, 5.41) is 5.12. The third-order valence-corrected chi connectivity index (χ3v) is 3.86. The van der Waals surface area contributed by atoms with Crippen molar-refractivity contribution in [3.8, 4) is 0 Å². The summed E-state index contributed by atoms with van der Waals surface area (Å²) in [6.07, 6.45) is 1.06. The van der Waals surface area contributed by atoms with Crippen molar-refractivity contribution in [2.75, 3.05) is 24.2 Å². The zero-order chi connectivity index (χ0) is 13.9. The number of benzene rings is 1. The molecule has 0 bridgehead atoms. The van der Waals surface area contributed by atoms with Gasteiger partial charge in [-0.2, -0.15) is 0 Å². The molecule has 1 rings (SSSR count). The van der Waals surface area contributed by atoms with Gasteiger partial charge in [0.05, 0.1) is 4.90 Å². The van der Waals surface area contributed by atoms with Gasteiger partial charge in [-0.25, -0.2) is 13.6 Å². The lowest BCUT2D eigenvalue weighted by Gasteiger charge is -2.23. The van der Waals surface area contributed by atoms with Crippen molar-refractivity contribution in [3.05, 3.63) is 18.2 Å². The molecule has 4 N–H and O–H groups in total. The molecule has 0 amide bonds. The van der Waals surface area contributed by atoms with E-state index in [1.165, 1.54) is 6.07 Å². The van der Waals surface area contributed by atoms with E-state index in [9.17, 15) is 8.42 Å². The Balaban J connectivity index is 3.07. The van der Waals surface area contributed by atoms with Gasteiger partial charge in [0.2, 0.25) is 10.0 Å². The first-order chi connectivity index (χ1) is 8.24. The van der Waals surface area contributed by atoms with Crippen LogP contribution < -0.4 is 15.8 Å². The Hall–Kier alpha value is -1.27. The first kappa shape index (κ1) is 14.8. The van der Waals surface area contributed by atoms with Crippen LogP contribution in [0, 0.1) is 5.92 Å². The third-order valence-electron chi connectivity index (χ3n) is 2.97. The second-order valence-corrected chi connectivity index (χ2v) is 6.26. The SMILES string of the molecule is CCC(C)CN(C)c1cc(N)cc(S(N)(=O)=O)c1. The number of nitrogens with zero attached hydrogens (tertiary/aromatic N) is 1. The van der Waals surface area contributed by atoms with E-state index in [1.807, 2.05) is 11.9 Å². The summed E-state index contributed by atoms with van der Waals surface area (Å²) in [4.78, 5) is 2.03. The Morgan fingerprint density at radius 3 is 2.44 bits per heavy atom. The largest absolute Gasteiger partial charge is 0.399 e. The van der Waals surface area contributed by atoms with Crippen LogP contribution in [0.5, 0.6) is 0 Å². The van der Waals surface area contributed by atoms with Gasteiger partial charge in [0.25, 0.3) is 0 Å². The maximum absolute atomic E-state index is 11.3. The monoisotopic (exact) mass is 271 g/mol. The van der Waals surface area contributed by atoms with Crippen LogP contribution in [0.25, 0.3) is 0 Å². The van der Waals surface area contributed by atoms with E-state index in [-0.39, 0.29) is 4.90 Å². The minimum atomic E-state index is -3.72. The first-order valence-corrected chi connectivity index (χ1v) is 7.43. The number of sulfonamides is 1. The van der Waals surface area contributed by atoms with Gasteiger partial charge in [0.1, 0.15) is 0 Å². The smallest absolute Gasteiger partial charge is 0.238 e. The molecule has 1 atom stereocenters. The van der Waals surface area contributed by atoms with E-state index in [0.717, 1.165) is 18.7 Å². The molecule has 5 nitrogen and oxygen atoms in total. The standard InChI is InChI=1S/C12H21N3O2S/c1-4-9(2)8-15(3)11-5-10(13)6-12(7-11)18(14,16)17/h5-7,9H,4,8,13H2,1-3H3,(H2,14,16,17). The summed E-state index contributed by atoms with van der Waals surface area (Å²) in [7, 11) is -1.81. The van der Waals surface area contributed by atoms with Crippen LogP contribution in [-0.2, 0) is 10.0 Å². The highest BCUT2D eigenvalue weighted by Crippen LogP contribution is 2.23. The second-order valence-electron chi connectivity index (χ2n) is 4.70. The highest BCUT2D eigenvalue weighted by molar-refractivity contribution is 7.89. The molecule has 0 radical (unpaired) electrons. The lowest BCUT2D eigenvalue weighted by molar-refractivity contribution is 0.559. The molecule has 0 aliphatic carbocycles. The lowest BCUT2D eigenvalue weighted by atomic mass is 10.1. The fourth-order valence-electron chi connectivity index (χ4n) is 1.69. The number of hydrogen-bond acceptors (Lipinski definition) is 4. The van der Waals surface area contributed by atoms with Crippen LogP contribution in [0.4, 0.5) is 11.4 Å². The fourth-order valence-corrected chi connectivity index (χ4v) is 2.28. The minimum Gasteiger partial charge on any atom is -0.399 e. The molecular weight excluding hydrogens is 250 g/mol. The van der Waals surface area contributed by atoms with Crippen molar-refractivity contribution >= 4 is 21.4 Å². The number of primary sulfonamides is 1. The van der Waals surface area contributed by atoms with Gasteiger partial charge >= 0.3 is 0 Å². The van der Waals surface area contributed by atoms with E-state index < -0.39 is 10.0 Å². The summed E-state index contributed by atoms with van der Waals surface area (Å²) in [5.41, 5.74) is 6.87. The van der Waals surface area contributed by atoms with Crippen LogP contribution in [0.3, 0.4) is 0 Å². The molecule has 6 heteroatoms. The van der Waals surface area contributed by atoms with Crippen LogP contribution >= 0.6 is 0 Å². The van der Waals surface area contributed by atoms with Crippen LogP contribution in [0.2, 0.25) is 0 Å². The Kier molecular flexibility index (Phi) is 4.59. The van der Waals surface area contributed by atoms with Gasteiger partial charge in [-0.3, -0.25) is 0 Å². The quantitative estimate of drug-likeness (QED) is 0.792. The van der Waals surface area contributed by atoms with Crippen molar-refractivity contribution in [1.29, 1.82) is 0 Å². The van der Waals surface area contributed by atoms with Crippen molar-refractivity contribution in [2.45, 2.75) is 25.2 Å². The highest BCUT2D eigenvalue weighted by atomic mass is 32.2. The summed E-state index contributed by atoms with van der Waals surface area (Å²) in [6, 6.07) is 4.67. The van der Waals surface area contributed by atoms with E-state index in [2.05, 4.69) is 13.8 Å². The zero-order valence-corrected chi connectivity index (χ0v) is 11.9. The van der Waals surface area contributed by atoms with Crippen molar-refractivity contribution in [2.24, 2.45) is 11.1 Å². The Morgan fingerprint density at radius 1 is 1.33 bits per heavy atom. The molecule has 0 saturated heterocycles. The topological polar surface area (TPSA) is 89.4 Å². The number of rotatable bonds is 5. The zero-order valence-electron chi connectivity index (χ0n) is 11.1. The molecule has 1 aromatic carbocycles. The maximum Gasteiger partial charge on any atom is 0.238 e. The third kappa shape index (κ3) is 3.89. The molecule has 0 spiro atoms. The molecule has 0 aliphatic heterocycles. The Morgan fingerprint density at radius 2 is 1.94 bits per heavy atom. The van der Waals surface area contributed by atoms with Gasteiger partial charge in [-0.1, -0.05) is 20.3 Å². The van der Waals surface area contributed by atoms with Crippen LogP contribution in [0.15, 0.2) is 23.1 Å². The number of nitrogen functional groups attached to an aromatic ring is 1. The highest BCUT2D eigenvalue weighted by Gasteiger charge is 2.13. The average molecular weight is 271 g/mol. The number of nitrogens with two attached hydrogens (primary N) is 2. The van der Waals surface area contributed by atoms with Gasteiger partial charge in [-0.05, 0) is 24.1 Å². The first-order valence-electron chi connectivity index (χ1n) is 5.88. The van der Waals surface area contributed by atoms with Crippen molar-refractivity contribution < 1.29 is 8.42 Å². The van der Waals surface area contributed by atoms with Crippen LogP contribution in [-0.4, -0.2) is 22.0 Å². The second kappa shape index (κ2) is 5.58. The molecule has 1 aromatic rings. The van der Waals surface area contributed by atoms with Gasteiger partial charge in [0, 0.05) is 25.0 Å². The minimum absolute atomic E-state index is 0.0495. The molecule has 102 valence electrons. The molecule has 0 aromatic heterocycles. The molecule has 0 heterocycles. The van der Waals surface area contributed by atoms with Gasteiger partial charge in [-0.15, -0.1) is 0 Å². The molecule has 1 unspecified atom stereocenters. The Labute approximate surface area is 109 Å². The van der Waals surface area contributed by atoms with Crippen molar-refractivity contribution in [1.82, 2.24) is 0 Å². The normalized spacial score (nSPS) is 13.3. The van der Waals surface area contributed by atoms with E-state index >= 15 is 0 Å². The predicted octanol–water partition coefficient (Wildman–Crippen LogP) is 1.40. The van der Waals surface area contributed by atoms with Crippen molar-refractivity contribution in [3.63, 3.8) is 0 Å². The van der Waals surface area contributed by atoms with Gasteiger partial charge < -0.3 is 10.6 Å². The number of hydrogen-bond donors (Lipinski definition) is 2. The molecule has 0 aliphatic rings. The average Bonchev–Trinajstić information content (AvgIpc) is 2.26. The van der Waals surface area contributed by atoms with E-state index in [1.54, 1.807) is 12.1 Å². The molecular formula is C12H21N3O2S. The summed E-state index contributed by atoms with van der Waals surface area (Å²) >= 11 is 0. The maximum atomic E-state index is 11.3. The summed E-state index contributed by atoms with van der Waals surface area (Å²) in [6.45, 7) is 5.10. The summed E-state index contributed by atoms with van der Waals surface area (Å²) in [5.74, 6) is 0.523. The van der Waals surface area contributed by atoms with Crippen LogP contribution in [0.1, 0.15) is 20.3 Å². The van der Waals surface area contributed by atoms with E-state index in [4.69, 9.17) is 10.9 Å². The summed E-state index contributed by atoms with van der Waals surface area (Å²) < 4.78 is 22.7. The molecule has 18 heavy (non-hydrogen) atoms.